The number of nitrogens with zero attached hydrogens (tertiary/aromatic N) is 1. The van der Waals surface area contributed by atoms with Crippen LogP contribution in [-0.2, 0) is 9.59 Å². The van der Waals surface area contributed by atoms with E-state index in [9.17, 15) is 14.4 Å². The van der Waals surface area contributed by atoms with Crippen LogP contribution >= 0.6 is 11.6 Å². The average molecular weight is 355 g/mol. The first-order valence-corrected chi connectivity index (χ1v) is 7.31. The Labute approximate surface area is 142 Å². The number of imide groups is 1. The van der Waals surface area contributed by atoms with Crippen LogP contribution in [0.25, 0.3) is 6.08 Å². The molecule has 0 bridgehead atoms. The van der Waals surface area contributed by atoms with Gasteiger partial charge in [-0.1, -0.05) is 11.6 Å². The van der Waals surface area contributed by atoms with E-state index in [4.69, 9.17) is 26.2 Å². The Morgan fingerprint density at radius 3 is 2.71 bits per heavy atom. The van der Waals surface area contributed by atoms with Crippen LogP contribution in [-0.4, -0.2) is 48.2 Å². The van der Waals surface area contributed by atoms with E-state index in [2.05, 4.69) is 5.32 Å². The van der Waals surface area contributed by atoms with E-state index in [1.165, 1.54) is 13.2 Å². The number of amides is 3. The fraction of sp³-hybridized carbons (Fsp3) is 0.267. The van der Waals surface area contributed by atoms with E-state index in [-0.39, 0.29) is 10.7 Å². The summed E-state index contributed by atoms with van der Waals surface area (Å²) < 4.78 is 10.6. The predicted octanol–water partition coefficient (Wildman–Crippen LogP) is 1.72. The maximum absolute atomic E-state index is 12.1. The van der Waals surface area contributed by atoms with Crippen molar-refractivity contribution in [1.29, 1.82) is 0 Å². The lowest BCUT2D eigenvalue weighted by Gasteiger charge is -2.12. The van der Waals surface area contributed by atoms with Gasteiger partial charge in [0.1, 0.15) is 12.2 Å². The highest BCUT2D eigenvalue weighted by Crippen LogP contribution is 2.37. The maximum Gasteiger partial charge on any atom is 0.329 e. The van der Waals surface area contributed by atoms with Crippen molar-refractivity contribution in [2.75, 3.05) is 20.3 Å². The first-order valence-electron chi connectivity index (χ1n) is 6.94. The maximum atomic E-state index is 12.1. The van der Waals surface area contributed by atoms with Crippen molar-refractivity contribution in [3.8, 4) is 11.5 Å². The normalized spacial score (nSPS) is 15.6. The number of nitrogens with one attached hydrogen (secondary N) is 1. The van der Waals surface area contributed by atoms with Crippen molar-refractivity contribution >= 4 is 35.6 Å². The number of carboxylic acid groups (broad SMARTS) is 1. The van der Waals surface area contributed by atoms with E-state index < -0.39 is 24.5 Å². The van der Waals surface area contributed by atoms with E-state index in [0.29, 0.717) is 28.6 Å². The number of hydrogen-bond acceptors (Lipinski definition) is 5. The first-order chi connectivity index (χ1) is 11.4. The van der Waals surface area contributed by atoms with Gasteiger partial charge in [-0.15, -0.1) is 0 Å². The number of aliphatic carboxylic acids is 1. The summed E-state index contributed by atoms with van der Waals surface area (Å²) in [6.45, 7) is 1.49. The molecule has 1 heterocycles. The monoisotopic (exact) mass is 354 g/mol. The number of halogens is 1. The Hall–Kier alpha value is -2.74. The van der Waals surface area contributed by atoms with Crippen LogP contribution < -0.4 is 14.8 Å². The molecule has 8 nitrogen and oxygen atoms in total. The van der Waals surface area contributed by atoms with Crippen LogP contribution in [0.3, 0.4) is 0 Å². The summed E-state index contributed by atoms with van der Waals surface area (Å²) in [6, 6.07) is 2.34. The molecule has 3 amide bonds. The van der Waals surface area contributed by atoms with Gasteiger partial charge in [0.25, 0.3) is 5.91 Å². The number of rotatable bonds is 6. The second-order valence-electron chi connectivity index (χ2n) is 4.74. The Morgan fingerprint density at radius 1 is 1.42 bits per heavy atom. The molecule has 1 saturated heterocycles. The Kier molecular flexibility index (Phi) is 5.30. The molecule has 0 aliphatic carbocycles. The summed E-state index contributed by atoms with van der Waals surface area (Å²) in [4.78, 5) is 35.1. The molecule has 1 aromatic carbocycles. The fourth-order valence-corrected chi connectivity index (χ4v) is 2.40. The third-order valence-electron chi connectivity index (χ3n) is 3.11. The number of carbonyl (C=O) groups is 3. The lowest BCUT2D eigenvalue weighted by molar-refractivity contribution is -0.140. The second kappa shape index (κ2) is 7.22. The number of carbonyl (C=O) groups excluding carboxylic acids is 2. The zero-order valence-corrected chi connectivity index (χ0v) is 13.7. The molecule has 24 heavy (non-hydrogen) atoms. The van der Waals surface area contributed by atoms with Crippen LogP contribution in [0.4, 0.5) is 4.79 Å². The van der Waals surface area contributed by atoms with Gasteiger partial charge in [-0.25, -0.2) is 9.69 Å². The van der Waals surface area contributed by atoms with Crippen molar-refractivity contribution in [2.45, 2.75) is 6.92 Å². The Balaban J connectivity index is 2.35. The predicted molar refractivity (Wildman–Crippen MR) is 85.0 cm³/mol. The third-order valence-corrected chi connectivity index (χ3v) is 3.39. The van der Waals surface area contributed by atoms with E-state index in [1.54, 1.807) is 19.1 Å². The summed E-state index contributed by atoms with van der Waals surface area (Å²) in [5, 5.41) is 11.3. The zero-order valence-electron chi connectivity index (χ0n) is 13.0. The second-order valence-corrected chi connectivity index (χ2v) is 5.15. The molecule has 0 aromatic heterocycles. The van der Waals surface area contributed by atoms with Gasteiger partial charge in [-0.05, 0) is 30.7 Å². The SMILES string of the molecule is CCOc1c(Cl)cc(C=C2NC(=O)N(CC(=O)O)C2=O)cc1OC. The molecule has 1 fully saturated rings. The molecule has 128 valence electrons. The van der Waals surface area contributed by atoms with Gasteiger partial charge in [0.2, 0.25) is 0 Å². The van der Waals surface area contributed by atoms with Crippen molar-refractivity contribution in [3.05, 3.63) is 28.4 Å². The number of carboxylic acids is 1. The number of ether oxygens (including phenoxy) is 2. The quantitative estimate of drug-likeness (QED) is 0.595. The summed E-state index contributed by atoms with van der Waals surface area (Å²) in [6.07, 6.45) is 1.38. The van der Waals surface area contributed by atoms with Gasteiger partial charge in [0.15, 0.2) is 11.5 Å². The molecular formula is C15H15ClN2O6. The lowest BCUT2D eigenvalue weighted by Crippen LogP contribution is -2.35. The van der Waals surface area contributed by atoms with Crippen LogP contribution in [0.15, 0.2) is 17.8 Å². The molecule has 1 aliphatic heterocycles. The number of benzene rings is 1. The van der Waals surface area contributed by atoms with Crippen LogP contribution in [0, 0.1) is 0 Å². The molecule has 2 N–H and O–H groups in total. The van der Waals surface area contributed by atoms with Gasteiger partial charge in [0, 0.05) is 0 Å². The van der Waals surface area contributed by atoms with E-state index in [1.807, 2.05) is 0 Å². The average Bonchev–Trinajstić information content (AvgIpc) is 2.77. The molecule has 1 aliphatic rings. The molecule has 0 spiro atoms. The molecule has 0 radical (unpaired) electrons. The number of hydrogen-bond donors (Lipinski definition) is 2. The number of methoxy groups -OCH3 is 1. The zero-order chi connectivity index (χ0) is 17.9. The minimum atomic E-state index is -1.29. The molecule has 0 atom stereocenters. The topological polar surface area (TPSA) is 105 Å². The largest absolute Gasteiger partial charge is 0.493 e. The van der Waals surface area contributed by atoms with Crippen LogP contribution in [0.2, 0.25) is 5.02 Å². The van der Waals surface area contributed by atoms with E-state index >= 15 is 0 Å². The molecule has 1 aromatic rings. The Bertz CT molecular complexity index is 731. The van der Waals surface area contributed by atoms with Gasteiger partial charge in [0.05, 0.1) is 18.7 Å². The molecule has 0 saturated carbocycles. The van der Waals surface area contributed by atoms with Gasteiger partial charge in [-0.3, -0.25) is 9.59 Å². The highest BCUT2D eigenvalue weighted by atomic mass is 35.5. The van der Waals surface area contributed by atoms with Gasteiger partial charge < -0.3 is 19.9 Å². The van der Waals surface area contributed by atoms with Crippen molar-refractivity contribution in [3.63, 3.8) is 0 Å². The Morgan fingerprint density at radius 2 is 2.12 bits per heavy atom. The molecule has 0 unspecified atom stereocenters. The summed E-state index contributed by atoms with van der Waals surface area (Å²) in [5.74, 6) is -1.27. The highest BCUT2D eigenvalue weighted by Gasteiger charge is 2.34. The first kappa shape index (κ1) is 17.6. The summed E-state index contributed by atoms with van der Waals surface area (Å²) in [7, 11) is 1.45. The van der Waals surface area contributed by atoms with Crippen molar-refractivity contribution < 1.29 is 29.0 Å². The molecule has 9 heteroatoms. The van der Waals surface area contributed by atoms with Crippen LogP contribution in [0.1, 0.15) is 12.5 Å². The number of urea groups is 1. The summed E-state index contributed by atoms with van der Waals surface area (Å²) >= 11 is 6.15. The standard InChI is InChI=1S/C15H15ClN2O6/c1-3-24-13-9(16)4-8(6-11(13)23-2)5-10-14(21)18(7-12(19)20)15(22)17-10/h4-6H,3,7H2,1-2H3,(H,17,22)(H,19,20). The van der Waals surface area contributed by atoms with Crippen molar-refractivity contribution in [2.24, 2.45) is 0 Å². The summed E-state index contributed by atoms with van der Waals surface area (Å²) in [5.41, 5.74) is 0.435. The van der Waals surface area contributed by atoms with Crippen LogP contribution in [0.5, 0.6) is 11.5 Å². The highest BCUT2D eigenvalue weighted by molar-refractivity contribution is 6.32. The molecule has 2 rings (SSSR count). The minimum absolute atomic E-state index is 0.0523. The fourth-order valence-electron chi connectivity index (χ4n) is 2.12. The molecular weight excluding hydrogens is 340 g/mol. The third kappa shape index (κ3) is 3.60. The van der Waals surface area contributed by atoms with Gasteiger partial charge >= 0.3 is 12.0 Å². The van der Waals surface area contributed by atoms with Gasteiger partial charge in [-0.2, -0.15) is 0 Å². The lowest BCUT2D eigenvalue weighted by atomic mass is 10.1. The minimum Gasteiger partial charge on any atom is -0.493 e. The smallest absolute Gasteiger partial charge is 0.329 e. The van der Waals surface area contributed by atoms with E-state index in [0.717, 1.165) is 0 Å². The van der Waals surface area contributed by atoms with Crippen molar-refractivity contribution in [1.82, 2.24) is 10.2 Å².